The van der Waals surface area contributed by atoms with Crippen molar-refractivity contribution in [2.24, 2.45) is 0 Å². The lowest BCUT2D eigenvalue weighted by atomic mass is 9.91. The van der Waals surface area contributed by atoms with Crippen LogP contribution in [0.15, 0.2) is 0 Å². The molecule has 1 N–H and O–H groups in total. The third-order valence-corrected chi connectivity index (χ3v) is 4.48. The van der Waals surface area contributed by atoms with Crippen molar-refractivity contribution in [3.05, 3.63) is 0 Å². The van der Waals surface area contributed by atoms with Gasteiger partial charge in [-0.05, 0) is 0 Å². The van der Waals surface area contributed by atoms with Crippen molar-refractivity contribution in [1.82, 2.24) is 5.32 Å². The molecule has 12 heteroatoms. The van der Waals surface area contributed by atoms with Gasteiger partial charge < -0.3 is 29.0 Å². The van der Waals surface area contributed by atoms with E-state index in [1.165, 1.54) is 13.8 Å². The van der Waals surface area contributed by atoms with Gasteiger partial charge in [0.25, 0.3) is 0 Å². The van der Waals surface area contributed by atoms with Gasteiger partial charge in [-0.1, -0.05) is 11.6 Å². The van der Waals surface area contributed by atoms with Gasteiger partial charge in [0.15, 0.2) is 0 Å². The molecule has 0 spiro atoms. The van der Waals surface area contributed by atoms with Crippen LogP contribution in [0.5, 0.6) is 0 Å². The van der Waals surface area contributed by atoms with E-state index in [-0.39, 0.29) is 19.4 Å². The van der Waals surface area contributed by atoms with Gasteiger partial charge in [0.2, 0.25) is 11.0 Å². The highest BCUT2D eigenvalue weighted by atomic mass is 35.5. The zero-order chi connectivity index (χ0) is 23.1. The zero-order valence-electron chi connectivity index (χ0n) is 17.4. The van der Waals surface area contributed by atoms with Gasteiger partial charge in [-0.3, -0.25) is 19.2 Å². The van der Waals surface area contributed by atoms with Crippen molar-refractivity contribution >= 4 is 41.4 Å². The van der Waals surface area contributed by atoms with Crippen LogP contribution in [0.4, 0.5) is 0 Å². The number of halogens is 1. The normalized spacial score (nSPS) is 26.7. The summed E-state index contributed by atoms with van der Waals surface area (Å²) in [4.78, 5) is 58.1. The third kappa shape index (κ3) is 7.79. The molecule has 5 atom stereocenters. The molecule has 1 aliphatic heterocycles. The van der Waals surface area contributed by atoms with E-state index in [1.807, 2.05) is 0 Å². The van der Waals surface area contributed by atoms with Crippen molar-refractivity contribution in [1.29, 1.82) is 0 Å². The van der Waals surface area contributed by atoms with Crippen molar-refractivity contribution in [2.45, 2.75) is 70.0 Å². The molecule has 2 unspecified atom stereocenters. The maximum absolute atomic E-state index is 12.2. The Hall–Kier alpha value is -2.40. The molecule has 0 aliphatic carbocycles. The smallest absolute Gasteiger partial charge is 0.354 e. The molecular weight excluding hydrogens is 426 g/mol. The lowest BCUT2D eigenvalue weighted by Crippen LogP contribution is -2.63. The van der Waals surface area contributed by atoms with Gasteiger partial charge in [-0.2, -0.15) is 0 Å². The van der Waals surface area contributed by atoms with Gasteiger partial charge in [0.05, 0.1) is 19.3 Å². The van der Waals surface area contributed by atoms with E-state index in [4.69, 9.17) is 30.5 Å². The van der Waals surface area contributed by atoms with Crippen LogP contribution in [0.1, 0.15) is 40.5 Å². The number of methoxy groups -OCH3 is 1. The topological polar surface area (TPSA) is 144 Å². The predicted octanol–water partition coefficient (Wildman–Crippen LogP) is 0.205. The van der Waals surface area contributed by atoms with Crippen LogP contribution < -0.4 is 5.32 Å². The summed E-state index contributed by atoms with van der Waals surface area (Å²) in [5.41, 5.74) is 0. The largest absolute Gasteiger partial charge is 0.466 e. The summed E-state index contributed by atoms with van der Waals surface area (Å²) in [6.07, 6.45) is -3.54. The lowest BCUT2D eigenvalue weighted by molar-refractivity contribution is -0.198. The van der Waals surface area contributed by atoms with Gasteiger partial charge in [-0.15, -0.1) is 0 Å². The molecule has 30 heavy (non-hydrogen) atoms. The van der Waals surface area contributed by atoms with Crippen LogP contribution in [0, 0.1) is 0 Å². The first-order valence-electron chi connectivity index (χ1n) is 9.08. The average molecular weight is 452 g/mol. The Balaban J connectivity index is 3.25. The fourth-order valence-corrected chi connectivity index (χ4v) is 3.41. The molecule has 0 radical (unpaired) electrons. The van der Waals surface area contributed by atoms with Crippen LogP contribution in [0.25, 0.3) is 0 Å². The minimum Gasteiger partial charge on any atom is -0.466 e. The average Bonchev–Trinajstić information content (AvgIpc) is 2.60. The molecule has 0 bridgehead atoms. The number of carbonyl (C=O) groups is 5. The Kier molecular flexibility index (Phi) is 9.50. The highest BCUT2D eigenvalue weighted by Gasteiger charge is 2.53. The standard InChI is InChI=1S/C18H26ClNO10/c1-9(21)20-16-14(6-13(28-11(3)23)8-27-10(2)22)30-18(19,17(25)26-5)7-15(16)29-12(4)24/h13-16H,6-8H2,1-5H3,(H,20,21)/t13-,14?,15?,16-,18-/m0/s1. The van der Waals surface area contributed by atoms with Crippen LogP contribution in [0.3, 0.4) is 0 Å². The Morgan fingerprint density at radius 3 is 2.20 bits per heavy atom. The second-order valence-corrected chi connectivity index (χ2v) is 7.33. The first-order chi connectivity index (χ1) is 13.9. The van der Waals surface area contributed by atoms with Gasteiger partial charge in [0.1, 0.15) is 18.8 Å². The zero-order valence-corrected chi connectivity index (χ0v) is 18.1. The number of rotatable bonds is 8. The molecule has 1 amide bonds. The van der Waals surface area contributed by atoms with Gasteiger partial charge >= 0.3 is 23.9 Å². The number of hydrogen-bond acceptors (Lipinski definition) is 10. The summed E-state index contributed by atoms with van der Waals surface area (Å²) >= 11 is 6.32. The van der Waals surface area contributed by atoms with E-state index in [1.54, 1.807) is 0 Å². The van der Waals surface area contributed by atoms with Crippen molar-refractivity contribution in [3.8, 4) is 0 Å². The summed E-state index contributed by atoms with van der Waals surface area (Å²) in [6.45, 7) is 4.45. The summed E-state index contributed by atoms with van der Waals surface area (Å²) in [5.74, 6) is -3.32. The van der Waals surface area contributed by atoms with E-state index in [0.717, 1.165) is 21.0 Å². The summed E-state index contributed by atoms with van der Waals surface area (Å²) < 4.78 is 25.7. The molecular formula is C18H26ClNO10. The maximum atomic E-state index is 12.2. The Bertz CT molecular complexity index is 684. The van der Waals surface area contributed by atoms with E-state index in [2.05, 4.69) is 10.1 Å². The molecule has 1 aliphatic rings. The number of nitrogens with one attached hydrogen (secondary N) is 1. The van der Waals surface area contributed by atoms with Crippen molar-refractivity contribution < 1.29 is 47.7 Å². The van der Waals surface area contributed by atoms with E-state index in [9.17, 15) is 24.0 Å². The summed E-state index contributed by atoms with van der Waals surface area (Å²) in [5, 5.41) is 0.588. The molecule has 11 nitrogen and oxygen atoms in total. The highest BCUT2D eigenvalue weighted by Crippen LogP contribution is 2.37. The lowest BCUT2D eigenvalue weighted by Gasteiger charge is -2.44. The van der Waals surface area contributed by atoms with Crippen LogP contribution in [-0.2, 0) is 47.7 Å². The van der Waals surface area contributed by atoms with Crippen LogP contribution in [-0.4, -0.2) is 72.9 Å². The number of carbonyl (C=O) groups excluding carboxylic acids is 5. The molecule has 170 valence electrons. The molecule has 0 saturated carbocycles. The number of alkyl halides is 1. The third-order valence-electron chi connectivity index (χ3n) is 4.08. The van der Waals surface area contributed by atoms with Gasteiger partial charge in [0, 0.05) is 40.5 Å². The second kappa shape index (κ2) is 11.1. The quantitative estimate of drug-likeness (QED) is 0.309. The van der Waals surface area contributed by atoms with E-state index < -0.39 is 59.2 Å². The second-order valence-electron chi connectivity index (χ2n) is 6.72. The molecule has 0 aromatic rings. The Morgan fingerprint density at radius 2 is 1.73 bits per heavy atom. The Morgan fingerprint density at radius 1 is 1.10 bits per heavy atom. The summed E-state index contributed by atoms with van der Waals surface area (Å²) in [6, 6.07) is -0.932. The number of esters is 4. The molecule has 0 aromatic heterocycles. The molecule has 1 fully saturated rings. The fourth-order valence-electron chi connectivity index (χ4n) is 3.07. The molecule has 1 heterocycles. The van der Waals surface area contributed by atoms with Gasteiger partial charge in [-0.25, -0.2) is 4.79 Å². The first-order valence-corrected chi connectivity index (χ1v) is 9.45. The van der Waals surface area contributed by atoms with Crippen LogP contribution in [0.2, 0.25) is 0 Å². The minimum atomic E-state index is -2.02. The number of hydrogen-bond donors (Lipinski definition) is 1. The minimum absolute atomic E-state index is 0.138. The van der Waals surface area contributed by atoms with Crippen molar-refractivity contribution in [3.63, 3.8) is 0 Å². The predicted molar refractivity (Wildman–Crippen MR) is 100 cm³/mol. The van der Waals surface area contributed by atoms with Crippen molar-refractivity contribution in [2.75, 3.05) is 13.7 Å². The number of amides is 1. The molecule has 1 rings (SSSR count). The van der Waals surface area contributed by atoms with E-state index in [0.29, 0.717) is 0 Å². The van der Waals surface area contributed by atoms with Crippen LogP contribution >= 0.6 is 11.6 Å². The Labute approximate surface area is 178 Å². The molecule has 1 saturated heterocycles. The molecule has 0 aromatic carbocycles. The SMILES string of the molecule is COC(=O)[C@]1(Cl)CC(OC(C)=O)[C@@H](NC(C)=O)C(C[C@@H](COC(C)=O)OC(C)=O)O1. The number of ether oxygens (including phenoxy) is 5. The maximum Gasteiger partial charge on any atom is 0.354 e. The first kappa shape index (κ1) is 25.6. The monoisotopic (exact) mass is 451 g/mol. The highest BCUT2D eigenvalue weighted by molar-refractivity contribution is 6.32. The fraction of sp³-hybridized carbons (Fsp3) is 0.722. The summed E-state index contributed by atoms with van der Waals surface area (Å²) in [7, 11) is 1.11. The van der Waals surface area contributed by atoms with E-state index >= 15 is 0 Å².